The zero-order valence-electron chi connectivity index (χ0n) is 10.9. The van der Waals surface area contributed by atoms with Crippen molar-refractivity contribution >= 4 is 27.7 Å². The molecule has 1 amide bonds. The van der Waals surface area contributed by atoms with Gasteiger partial charge in [-0.3, -0.25) is 9.59 Å². The molecule has 0 aliphatic rings. The first-order chi connectivity index (χ1) is 9.61. The summed E-state index contributed by atoms with van der Waals surface area (Å²) in [5.74, 6) is -3.64. The number of amides is 1. The maximum Gasteiger partial charge on any atom is 0.326 e. The van der Waals surface area contributed by atoms with Gasteiger partial charge in [0.15, 0.2) is 9.84 Å². The van der Waals surface area contributed by atoms with Gasteiger partial charge >= 0.3 is 11.9 Å². The maximum atomic E-state index is 11.8. The van der Waals surface area contributed by atoms with Crippen LogP contribution >= 0.6 is 0 Å². The van der Waals surface area contributed by atoms with Crippen LogP contribution in [0.3, 0.4) is 0 Å². The second-order valence-electron chi connectivity index (χ2n) is 4.26. The first-order valence-corrected chi connectivity index (χ1v) is 7.56. The Morgan fingerprint density at radius 1 is 1.14 bits per heavy atom. The molecule has 1 rings (SSSR count). The monoisotopic (exact) mass is 315 g/mol. The molecular weight excluding hydrogens is 302 g/mol. The SMILES string of the molecule is CS(=O)(=O)c1ccc(C(=O)N[C@@H](CC(=O)O)C(=O)O)cc1. The molecule has 3 N–H and O–H groups in total. The molecule has 0 spiro atoms. The number of aliphatic carboxylic acids is 2. The fourth-order valence-corrected chi connectivity index (χ4v) is 2.10. The molecule has 114 valence electrons. The third kappa shape index (κ3) is 4.88. The first kappa shape index (κ1) is 16.6. The number of nitrogens with one attached hydrogen (secondary N) is 1. The Hall–Kier alpha value is -2.42. The van der Waals surface area contributed by atoms with Gasteiger partial charge in [0.25, 0.3) is 5.91 Å². The van der Waals surface area contributed by atoms with Gasteiger partial charge < -0.3 is 15.5 Å². The summed E-state index contributed by atoms with van der Waals surface area (Å²) in [5, 5.41) is 19.4. The van der Waals surface area contributed by atoms with Gasteiger partial charge in [0.1, 0.15) is 6.04 Å². The topological polar surface area (TPSA) is 138 Å². The quantitative estimate of drug-likeness (QED) is 0.658. The van der Waals surface area contributed by atoms with Crippen LogP contribution in [0.15, 0.2) is 29.2 Å². The fraction of sp³-hybridized carbons (Fsp3) is 0.250. The molecule has 1 aromatic rings. The van der Waals surface area contributed by atoms with Gasteiger partial charge in [-0.05, 0) is 24.3 Å². The highest BCUT2D eigenvalue weighted by molar-refractivity contribution is 7.90. The molecule has 0 aromatic heterocycles. The molecule has 0 unspecified atom stereocenters. The third-order valence-corrected chi connectivity index (χ3v) is 3.66. The molecule has 0 aliphatic heterocycles. The Kier molecular flexibility index (Phi) is 5.03. The molecule has 0 radical (unpaired) electrons. The number of sulfone groups is 1. The lowest BCUT2D eigenvalue weighted by Gasteiger charge is -2.12. The molecule has 0 fully saturated rings. The molecule has 0 saturated carbocycles. The van der Waals surface area contributed by atoms with Crippen molar-refractivity contribution < 1.29 is 33.0 Å². The number of hydrogen-bond donors (Lipinski definition) is 3. The number of carbonyl (C=O) groups excluding carboxylic acids is 1. The fourth-order valence-electron chi connectivity index (χ4n) is 1.47. The lowest BCUT2D eigenvalue weighted by molar-refractivity contribution is -0.145. The number of carboxylic acids is 2. The molecule has 0 bridgehead atoms. The minimum absolute atomic E-state index is 0.0133. The van der Waals surface area contributed by atoms with Crippen LogP contribution in [-0.2, 0) is 19.4 Å². The van der Waals surface area contributed by atoms with Gasteiger partial charge in [-0.1, -0.05) is 0 Å². The minimum Gasteiger partial charge on any atom is -0.481 e. The highest BCUT2D eigenvalue weighted by Gasteiger charge is 2.23. The van der Waals surface area contributed by atoms with Crippen LogP contribution < -0.4 is 5.32 Å². The average Bonchev–Trinajstić information content (AvgIpc) is 2.36. The second-order valence-corrected chi connectivity index (χ2v) is 6.27. The van der Waals surface area contributed by atoms with Crippen LogP contribution in [-0.4, -0.2) is 48.8 Å². The van der Waals surface area contributed by atoms with E-state index in [0.29, 0.717) is 0 Å². The number of benzene rings is 1. The smallest absolute Gasteiger partial charge is 0.326 e. The number of carboxylic acid groups (broad SMARTS) is 2. The summed E-state index contributed by atoms with van der Waals surface area (Å²) in [4.78, 5) is 33.1. The normalized spacial score (nSPS) is 12.4. The van der Waals surface area contributed by atoms with E-state index < -0.39 is 40.1 Å². The van der Waals surface area contributed by atoms with Gasteiger partial charge in [-0.15, -0.1) is 0 Å². The van der Waals surface area contributed by atoms with Crippen LogP contribution in [0.4, 0.5) is 0 Å². The van der Waals surface area contributed by atoms with Gasteiger partial charge in [0, 0.05) is 11.8 Å². The van der Waals surface area contributed by atoms with Crippen molar-refractivity contribution in [2.45, 2.75) is 17.4 Å². The summed E-state index contributed by atoms with van der Waals surface area (Å²) in [5.41, 5.74) is 0.0269. The summed E-state index contributed by atoms with van der Waals surface area (Å²) in [7, 11) is -3.40. The number of rotatable bonds is 6. The molecule has 8 nitrogen and oxygen atoms in total. The molecule has 1 aromatic carbocycles. The molecule has 0 heterocycles. The van der Waals surface area contributed by atoms with Crippen molar-refractivity contribution in [3.63, 3.8) is 0 Å². The van der Waals surface area contributed by atoms with Gasteiger partial charge in [-0.25, -0.2) is 13.2 Å². The van der Waals surface area contributed by atoms with E-state index in [2.05, 4.69) is 5.32 Å². The first-order valence-electron chi connectivity index (χ1n) is 5.67. The summed E-state index contributed by atoms with van der Waals surface area (Å²) >= 11 is 0. The molecule has 0 saturated heterocycles. The van der Waals surface area contributed by atoms with Crippen LogP contribution in [0, 0.1) is 0 Å². The van der Waals surface area contributed by atoms with Crippen LogP contribution in [0.25, 0.3) is 0 Å². The van der Waals surface area contributed by atoms with Crippen molar-refractivity contribution in [1.82, 2.24) is 5.32 Å². The van der Waals surface area contributed by atoms with E-state index in [1.807, 2.05) is 0 Å². The Labute approximate surface area is 120 Å². The van der Waals surface area contributed by atoms with Crippen LogP contribution in [0.1, 0.15) is 16.8 Å². The van der Waals surface area contributed by atoms with Gasteiger partial charge in [0.05, 0.1) is 11.3 Å². The standard InChI is InChI=1S/C12H13NO7S/c1-21(19,20)8-4-2-7(3-5-8)11(16)13-9(12(17)18)6-10(14)15/h2-5,9H,6H2,1H3,(H,13,16)(H,14,15)(H,17,18)/t9-/m0/s1. The second kappa shape index (κ2) is 6.35. The van der Waals surface area contributed by atoms with E-state index in [1.54, 1.807) is 0 Å². The van der Waals surface area contributed by atoms with Gasteiger partial charge in [0.2, 0.25) is 0 Å². The Morgan fingerprint density at radius 3 is 2.05 bits per heavy atom. The van der Waals surface area contributed by atoms with Gasteiger partial charge in [-0.2, -0.15) is 0 Å². The summed E-state index contributed by atoms with van der Waals surface area (Å²) in [6.07, 6.45) is 0.248. The zero-order chi connectivity index (χ0) is 16.2. The minimum atomic E-state index is -3.40. The highest BCUT2D eigenvalue weighted by Crippen LogP contribution is 2.10. The zero-order valence-corrected chi connectivity index (χ0v) is 11.8. The summed E-state index contributed by atoms with van der Waals surface area (Å²) in [6.45, 7) is 0. The van der Waals surface area contributed by atoms with E-state index in [-0.39, 0.29) is 10.5 Å². The molecule has 0 aliphatic carbocycles. The van der Waals surface area contributed by atoms with Crippen LogP contribution in [0.2, 0.25) is 0 Å². The molecule has 1 atom stereocenters. The lowest BCUT2D eigenvalue weighted by atomic mass is 10.1. The number of hydrogen-bond acceptors (Lipinski definition) is 5. The molecule has 21 heavy (non-hydrogen) atoms. The van der Waals surface area contributed by atoms with E-state index >= 15 is 0 Å². The number of carbonyl (C=O) groups is 3. The van der Waals surface area contributed by atoms with Crippen molar-refractivity contribution in [2.24, 2.45) is 0 Å². The van der Waals surface area contributed by atoms with Crippen molar-refractivity contribution in [3.05, 3.63) is 29.8 Å². The average molecular weight is 315 g/mol. The van der Waals surface area contributed by atoms with Crippen molar-refractivity contribution in [3.8, 4) is 0 Å². The summed E-state index contributed by atoms with van der Waals surface area (Å²) < 4.78 is 22.5. The third-order valence-electron chi connectivity index (χ3n) is 2.53. The largest absolute Gasteiger partial charge is 0.481 e. The van der Waals surface area contributed by atoms with Crippen LogP contribution in [0.5, 0.6) is 0 Å². The Bertz CT molecular complexity index is 663. The highest BCUT2D eigenvalue weighted by atomic mass is 32.2. The Morgan fingerprint density at radius 2 is 1.67 bits per heavy atom. The van der Waals surface area contributed by atoms with Crippen molar-refractivity contribution in [2.75, 3.05) is 6.26 Å². The van der Waals surface area contributed by atoms with E-state index in [0.717, 1.165) is 6.26 Å². The predicted octanol–water partition coefficient (Wildman–Crippen LogP) is -0.252. The lowest BCUT2D eigenvalue weighted by Crippen LogP contribution is -2.42. The molecule has 9 heteroatoms. The van der Waals surface area contributed by atoms with Crippen molar-refractivity contribution in [1.29, 1.82) is 0 Å². The molecular formula is C12H13NO7S. The Balaban J connectivity index is 2.88. The predicted molar refractivity (Wildman–Crippen MR) is 70.7 cm³/mol. The summed E-state index contributed by atoms with van der Waals surface area (Å²) in [6, 6.07) is 3.27. The maximum absolute atomic E-state index is 11.8. The van der Waals surface area contributed by atoms with E-state index in [1.165, 1.54) is 24.3 Å². The van der Waals surface area contributed by atoms with E-state index in [9.17, 15) is 22.8 Å². The van der Waals surface area contributed by atoms with E-state index in [4.69, 9.17) is 10.2 Å².